The summed E-state index contributed by atoms with van der Waals surface area (Å²) in [5.74, 6) is -0.574. The van der Waals surface area contributed by atoms with Crippen molar-refractivity contribution < 1.29 is 23.9 Å². The first-order chi connectivity index (χ1) is 14.4. The average Bonchev–Trinajstić information content (AvgIpc) is 3.52. The van der Waals surface area contributed by atoms with Crippen LogP contribution in [0.5, 0.6) is 0 Å². The van der Waals surface area contributed by atoms with Gasteiger partial charge < -0.3 is 10.1 Å². The van der Waals surface area contributed by atoms with Crippen LogP contribution in [0.4, 0.5) is 5.69 Å². The number of ether oxygens (including phenoxy) is 1. The van der Waals surface area contributed by atoms with E-state index in [9.17, 15) is 19.2 Å². The summed E-state index contributed by atoms with van der Waals surface area (Å²) in [5, 5.41) is 2.74. The number of rotatable bonds is 5. The van der Waals surface area contributed by atoms with Gasteiger partial charge in [-0.25, -0.2) is 4.79 Å². The maximum Gasteiger partial charge on any atom is 0.338 e. The fourth-order valence-electron chi connectivity index (χ4n) is 5.63. The van der Waals surface area contributed by atoms with Gasteiger partial charge in [0.1, 0.15) is 6.04 Å². The monoisotopic (exact) mass is 408 g/mol. The number of amides is 3. The largest absolute Gasteiger partial charge is 0.462 e. The third-order valence-electron chi connectivity index (χ3n) is 7.13. The van der Waals surface area contributed by atoms with Crippen LogP contribution in [-0.4, -0.2) is 41.2 Å². The predicted octanol–water partition coefficient (Wildman–Crippen LogP) is 2.24. The van der Waals surface area contributed by atoms with E-state index in [4.69, 9.17) is 4.74 Å². The number of imide groups is 1. The lowest BCUT2D eigenvalue weighted by molar-refractivity contribution is -0.146. The number of anilines is 1. The predicted molar refractivity (Wildman–Crippen MR) is 107 cm³/mol. The van der Waals surface area contributed by atoms with Crippen molar-refractivity contribution in [3.8, 4) is 0 Å². The molecule has 0 unspecified atom stereocenters. The van der Waals surface area contributed by atoms with E-state index >= 15 is 0 Å². The van der Waals surface area contributed by atoms with Crippen molar-refractivity contribution in [2.75, 3.05) is 11.9 Å². The number of hydrogen-bond donors (Lipinski definition) is 1. The van der Waals surface area contributed by atoms with Crippen LogP contribution in [0, 0.1) is 35.5 Å². The molecule has 1 heterocycles. The van der Waals surface area contributed by atoms with E-state index in [2.05, 4.69) is 17.5 Å². The maximum absolute atomic E-state index is 13.1. The molecule has 1 aromatic carbocycles. The van der Waals surface area contributed by atoms with Crippen molar-refractivity contribution >= 4 is 29.4 Å². The Kier molecular flexibility index (Phi) is 4.31. The van der Waals surface area contributed by atoms with Crippen molar-refractivity contribution in [2.45, 2.75) is 26.3 Å². The lowest BCUT2D eigenvalue weighted by Gasteiger charge is -2.37. The van der Waals surface area contributed by atoms with Gasteiger partial charge in [0.05, 0.1) is 24.0 Å². The van der Waals surface area contributed by atoms with Crippen LogP contribution in [-0.2, 0) is 19.1 Å². The number of nitrogens with zero attached hydrogens (tertiary/aromatic N) is 1. The second kappa shape index (κ2) is 6.79. The Hall–Kier alpha value is -2.96. The van der Waals surface area contributed by atoms with Crippen LogP contribution in [0.2, 0.25) is 0 Å². The molecule has 0 spiro atoms. The Morgan fingerprint density at radius 2 is 1.63 bits per heavy atom. The summed E-state index contributed by atoms with van der Waals surface area (Å²) < 4.78 is 4.94. The Morgan fingerprint density at radius 3 is 2.17 bits per heavy atom. The summed E-state index contributed by atoms with van der Waals surface area (Å²) in [6.07, 6.45) is 5.34. The van der Waals surface area contributed by atoms with Gasteiger partial charge in [0.15, 0.2) is 0 Å². The highest BCUT2D eigenvalue weighted by Gasteiger charge is 2.67. The number of likely N-dealkylation sites (tertiary alicyclic amines) is 1. The Labute approximate surface area is 174 Å². The van der Waals surface area contributed by atoms with Crippen molar-refractivity contribution in [2.24, 2.45) is 35.5 Å². The SMILES string of the molecule is CCOC(=O)c1ccc(NC(=O)[C@@H](C)N2C(=O)[C@H]3[C@@H]4C=C[C@H]([C@H]5C[C@H]45)[C@@H]3C2=O)cc1. The molecule has 0 radical (unpaired) electrons. The van der Waals surface area contributed by atoms with Crippen molar-refractivity contribution in [3.63, 3.8) is 0 Å². The number of carbonyl (C=O) groups excluding carboxylic acids is 4. The molecule has 1 aromatic rings. The van der Waals surface area contributed by atoms with Crippen LogP contribution >= 0.6 is 0 Å². The summed E-state index contributed by atoms with van der Waals surface area (Å²) in [6, 6.07) is 5.43. The second-order valence-corrected chi connectivity index (χ2v) is 8.66. The van der Waals surface area contributed by atoms with Gasteiger partial charge in [-0.05, 0) is 68.2 Å². The number of hydrogen-bond acceptors (Lipinski definition) is 5. The molecule has 4 aliphatic carbocycles. The van der Waals surface area contributed by atoms with E-state index in [0.29, 0.717) is 23.1 Å². The van der Waals surface area contributed by atoms with Gasteiger partial charge in [0.25, 0.3) is 0 Å². The number of benzene rings is 1. The van der Waals surface area contributed by atoms with Gasteiger partial charge in [-0.2, -0.15) is 0 Å². The molecular formula is C23H24N2O5. The summed E-state index contributed by atoms with van der Waals surface area (Å²) in [4.78, 5) is 52.0. The fourth-order valence-corrected chi connectivity index (χ4v) is 5.63. The fraction of sp³-hybridized carbons (Fsp3) is 0.478. The zero-order chi connectivity index (χ0) is 21.2. The van der Waals surface area contributed by atoms with Crippen LogP contribution in [0.1, 0.15) is 30.6 Å². The number of allylic oxidation sites excluding steroid dienone is 2. The zero-order valence-electron chi connectivity index (χ0n) is 16.9. The Bertz CT molecular complexity index is 932. The molecule has 7 heteroatoms. The second-order valence-electron chi connectivity index (χ2n) is 8.66. The molecule has 1 N–H and O–H groups in total. The smallest absolute Gasteiger partial charge is 0.338 e. The first-order valence-electron chi connectivity index (χ1n) is 10.6. The summed E-state index contributed by atoms with van der Waals surface area (Å²) in [7, 11) is 0. The lowest BCUT2D eigenvalue weighted by Crippen LogP contribution is -2.46. The minimum Gasteiger partial charge on any atom is -0.462 e. The van der Waals surface area contributed by atoms with Gasteiger partial charge in [-0.3, -0.25) is 19.3 Å². The third-order valence-corrected chi connectivity index (χ3v) is 7.13. The maximum atomic E-state index is 13.1. The quantitative estimate of drug-likeness (QED) is 0.458. The Balaban J connectivity index is 1.29. The van der Waals surface area contributed by atoms with E-state index in [-0.39, 0.29) is 42.1 Å². The molecule has 0 aromatic heterocycles. The highest BCUT2D eigenvalue weighted by Crippen LogP contribution is 2.65. The number of carbonyl (C=O) groups is 4. The minimum absolute atomic E-state index is 0.136. The Morgan fingerprint density at radius 1 is 1.07 bits per heavy atom. The number of nitrogens with one attached hydrogen (secondary N) is 1. The first-order valence-corrected chi connectivity index (χ1v) is 10.6. The summed E-state index contributed by atoms with van der Waals surface area (Å²) in [5.41, 5.74) is 0.873. The van der Waals surface area contributed by atoms with Crippen LogP contribution in [0.25, 0.3) is 0 Å². The van der Waals surface area contributed by atoms with E-state index in [1.807, 2.05) is 0 Å². The van der Waals surface area contributed by atoms with Crippen molar-refractivity contribution in [1.82, 2.24) is 4.90 Å². The normalized spacial score (nSPS) is 33.7. The lowest BCUT2D eigenvalue weighted by atomic mass is 9.63. The molecule has 156 valence electrons. The van der Waals surface area contributed by atoms with Gasteiger partial charge in [0.2, 0.25) is 17.7 Å². The van der Waals surface area contributed by atoms with Crippen LogP contribution < -0.4 is 5.32 Å². The summed E-state index contributed by atoms with van der Waals surface area (Å²) in [6.45, 7) is 3.61. The summed E-state index contributed by atoms with van der Waals surface area (Å²) >= 11 is 0. The molecule has 7 atom stereocenters. The standard InChI is InChI=1S/C23H24N2O5/c1-3-30-23(29)12-4-6-13(7-5-12)24-20(26)11(2)25-21(27)18-14-8-9-15(17-10-16(14)17)19(18)22(25)28/h4-9,11,14-19H,3,10H2,1-2H3,(H,24,26)/t11-,14-,15-,16-,17-,18+,19+/m1/s1. The van der Waals surface area contributed by atoms with E-state index in [1.54, 1.807) is 38.1 Å². The van der Waals surface area contributed by atoms with Gasteiger partial charge in [-0.1, -0.05) is 12.2 Å². The molecule has 7 nitrogen and oxygen atoms in total. The third kappa shape index (κ3) is 2.71. The van der Waals surface area contributed by atoms with Crippen LogP contribution in [0.3, 0.4) is 0 Å². The molecule has 1 aliphatic heterocycles. The highest BCUT2D eigenvalue weighted by molar-refractivity contribution is 6.10. The molecule has 1 saturated heterocycles. The van der Waals surface area contributed by atoms with E-state index in [0.717, 1.165) is 6.42 Å². The molecule has 2 bridgehead atoms. The van der Waals surface area contributed by atoms with Gasteiger partial charge >= 0.3 is 5.97 Å². The van der Waals surface area contributed by atoms with E-state index in [1.165, 1.54) is 4.90 Å². The molecule has 2 saturated carbocycles. The van der Waals surface area contributed by atoms with Crippen molar-refractivity contribution in [1.29, 1.82) is 0 Å². The van der Waals surface area contributed by atoms with E-state index < -0.39 is 17.9 Å². The number of esters is 1. The van der Waals surface area contributed by atoms with Gasteiger partial charge in [-0.15, -0.1) is 0 Å². The molecule has 6 rings (SSSR count). The topological polar surface area (TPSA) is 92.8 Å². The van der Waals surface area contributed by atoms with Gasteiger partial charge in [0, 0.05) is 5.69 Å². The molecule has 3 amide bonds. The van der Waals surface area contributed by atoms with Crippen molar-refractivity contribution in [3.05, 3.63) is 42.0 Å². The minimum atomic E-state index is -0.893. The first kappa shape index (κ1) is 19.0. The highest BCUT2D eigenvalue weighted by atomic mass is 16.5. The molecule has 3 fully saturated rings. The molecular weight excluding hydrogens is 384 g/mol. The molecule has 30 heavy (non-hydrogen) atoms. The average molecular weight is 408 g/mol. The van der Waals surface area contributed by atoms with Crippen LogP contribution in [0.15, 0.2) is 36.4 Å². The zero-order valence-corrected chi connectivity index (χ0v) is 16.9. The molecule has 5 aliphatic rings.